The molecule has 2 aromatic rings. The molecule has 2 rings (SSSR count). The van der Waals surface area contributed by atoms with Gasteiger partial charge in [-0.2, -0.15) is 0 Å². The lowest BCUT2D eigenvalue weighted by Crippen LogP contribution is -2.10. The summed E-state index contributed by atoms with van der Waals surface area (Å²) in [4.78, 5) is 8.68. The Balaban J connectivity index is 2.37. The van der Waals surface area contributed by atoms with E-state index in [0.717, 1.165) is 33.8 Å². The van der Waals surface area contributed by atoms with Crippen LogP contribution in [-0.2, 0) is 0 Å². The Morgan fingerprint density at radius 2 is 1.76 bits per heavy atom. The van der Waals surface area contributed by atoms with E-state index >= 15 is 0 Å². The summed E-state index contributed by atoms with van der Waals surface area (Å²) < 4.78 is 1.94. The van der Waals surface area contributed by atoms with Crippen LogP contribution in [0.5, 0.6) is 0 Å². The maximum Gasteiger partial charge on any atom is 0.0995 e. The molecule has 2 aromatic heterocycles. The minimum absolute atomic E-state index is 0.545. The Labute approximate surface area is 202 Å². The summed E-state index contributed by atoms with van der Waals surface area (Å²) in [5.74, 6) is 0. The fourth-order valence-corrected chi connectivity index (χ4v) is 3.21. The smallest absolute Gasteiger partial charge is 0.0995 e. The fourth-order valence-electron chi connectivity index (χ4n) is 3.21. The monoisotopic (exact) mass is 454 g/mol. The minimum atomic E-state index is 0.545. The standard InChI is InChI=1S/C28H34N6/c1-9-23(13-24(29)10-2)18(4)12-25(26(30)11-3)20(6)22(8)33-27-14-31-15-28(21(27)7)34-16-19(5)32-17-34/h9-17,33H,2,4,6,8,29-30H2,1,3,5,7H3/b23-9+,24-13+,25-12-,26-11+. The van der Waals surface area contributed by atoms with Crippen LogP contribution in [0.1, 0.15) is 25.1 Å². The van der Waals surface area contributed by atoms with Crippen molar-refractivity contribution in [2.45, 2.75) is 27.7 Å². The number of imidazole rings is 1. The van der Waals surface area contributed by atoms with Gasteiger partial charge in [-0.3, -0.25) is 4.98 Å². The van der Waals surface area contributed by atoms with Gasteiger partial charge in [-0.25, -0.2) is 4.98 Å². The van der Waals surface area contributed by atoms with Crippen molar-refractivity contribution in [1.29, 1.82) is 0 Å². The molecule has 2 heterocycles. The van der Waals surface area contributed by atoms with Gasteiger partial charge >= 0.3 is 0 Å². The van der Waals surface area contributed by atoms with E-state index in [1.165, 1.54) is 0 Å². The van der Waals surface area contributed by atoms with Crippen molar-refractivity contribution in [2.75, 3.05) is 5.32 Å². The van der Waals surface area contributed by atoms with Gasteiger partial charge in [0.05, 0.1) is 35.8 Å². The molecule has 0 radical (unpaired) electrons. The summed E-state index contributed by atoms with van der Waals surface area (Å²) >= 11 is 0. The highest BCUT2D eigenvalue weighted by molar-refractivity contribution is 5.66. The predicted molar refractivity (Wildman–Crippen MR) is 144 cm³/mol. The van der Waals surface area contributed by atoms with Crippen LogP contribution < -0.4 is 16.8 Å². The number of nitrogens with two attached hydrogens (primary N) is 2. The molecule has 6 nitrogen and oxygen atoms in total. The molecule has 0 aromatic carbocycles. The Morgan fingerprint density at radius 3 is 2.32 bits per heavy atom. The lowest BCUT2D eigenvalue weighted by molar-refractivity contribution is 1.02. The lowest BCUT2D eigenvalue weighted by atomic mass is 9.96. The molecule has 0 unspecified atom stereocenters. The predicted octanol–water partition coefficient (Wildman–Crippen LogP) is 5.69. The molecule has 0 saturated heterocycles. The highest BCUT2D eigenvalue weighted by Gasteiger charge is 2.14. The van der Waals surface area contributed by atoms with Crippen LogP contribution in [-0.4, -0.2) is 14.5 Å². The molecule has 0 spiro atoms. The SMILES string of the molecule is C=C/C(N)=C\C(=C/C)C(=C)/C=C(C(=C)C(=C)Nc1cncc(-n2cnc(C)c2)c1C)\C(N)=C/C. The van der Waals surface area contributed by atoms with E-state index in [9.17, 15) is 0 Å². The summed E-state index contributed by atoms with van der Waals surface area (Å²) in [6, 6.07) is 0. The molecule has 0 atom stereocenters. The highest BCUT2D eigenvalue weighted by atomic mass is 15.1. The third-order valence-corrected chi connectivity index (χ3v) is 5.33. The molecule has 0 fully saturated rings. The molecule has 0 saturated carbocycles. The number of nitrogens with zero attached hydrogens (tertiary/aromatic N) is 3. The number of aryl methyl sites for hydroxylation is 1. The first-order valence-corrected chi connectivity index (χ1v) is 10.8. The lowest BCUT2D eigenvalue weighted by Gasteiger charge is -2.19. The molecular weight excluding hydrogens is 420 g/mol. The number of allylic oxidation sites excluding steroid dienone is 9. The van der Waals surface area contributed by atoms with Crippen molar-refractivity contribution in [2.24, 2.45) is 11.5 Å². The van der Waals surface area contributed by atoms with Crippen molar-refractivity contribution in [3.8, 4) is 5.69 Å². The van der Waals surface area contributed by atoms with E-state index in [1.54, 1.807) is 24.8 Å². The first-order chi connectivity index (χ1) is 16.1. The van der Waals surface area contributed by atoms with Crippen molar-refractivity contribution in [3.05, 3.63) is 132 Å². The van der Waals surface area contributed by atoms with Gasteiger partial charge in [0.25, 0.3) is 0 Å². The number of pyridine rings is 1. The second-order valence-electron chi connectivity index (χ2n) is 7.76. The maximum atomic E-state index is 6.32. The zero-order chi connectivity index (χ0) is 25.4. The molecule has 0 aliphatic heterocycles. The third-order valence-electron chi connectivity index (χ3n) is 5.33. The second-order valence-corrected chi connectivity index (χ2v) is 7.76. The molecule has 176 valence electrons. The Bertz CT molecular complexity index is 1250. The molecule has 0 aliphatic carbocycles. The van der Waals surface area contributed by atoms with Crippen molar-refractivity contribution in [1.82, 2.24) is 14.5 Å². The Kier molecular flexibility index (Phi) is 8.79. The van der Waals surface area contributed by atoms with Gasteiger partial charge in [0.15, 0.2) is 0 Å². The van der Waals surface area contributed by atoms with Crippen molar-refractivity contribution in [3.63, 3.8) is 0 Å². The summed E-state index contributed by atoms with van der Waals surface area (Å²) in [6.07, 6.45) is 16.3. The summed E-state index contributed by atoms with van der Waals surface area (Å²) in [5, 5.41) is 3.34. The average Bonchev–Trinajstić information content (AvgIpc) is 3.26. The summed E-state index contributed by atoms with van der Waals surface area (Å²) in [6.45, 7) is 24.1. The van der Waals surface area contributed by atoms with Gasteiger partial charge in [0.1, 0.15) is 0 Å². The molecule has 0 amide bonds. The van der Waals surface area contributed by atoms with Crippen molar-refractivity contribution >= 4 is 5.69 Å². The molecule has 0 bridgehead atoms. The molecule has 6 heteroatoms. The summed E-state index contributed by atoms with van der Waals surface area (Å²) in [7, 11) is 0. The van der Waals surface area contributed by atoms with E-state index in [-0.39, 0.29) is 0 Å². The van der Waals surface area contributed by atoms with Gasteiger partial charge < -0.3 is 21.4 Å². The van der Waals surface area contributed by atoms with Crippen LogP contribution in [0.4, 0.5) is 5.69 Å². The van der Waals surface area contributed by atoms with Gasteiger partial charge in [-0.1, -0.05) is 38.5 Å². The van der Waals surface area contributed by atoms with Gasteiger partial charge in [0.2, 0.25) is 0 Å². The number of rotatable bonds is 10. The van der Waals surface area contributed by atoms with Gasteiger partial charge in [0, 0.05) is 28.9 Å². The highest BCUT2D eigenvalue weighted by Crippen LogP contribution is 2.28. The first-order valence-electron chi connectivity index (χ1n) is 10.8. The summed E-state index contributed by atoms with van der Waals surface area (Å²) in [5.41, 5.74) is 20.5. The van der Waals surface area contributed by atoms with E-state index in [1.807, 2.05) is 62.8 Å². The second kappa shape index (κ2) is 11.5. The van der Waals surface area contributed by atoms with Gasteiger partial charge in [-0.15, -0.1) is 0 Å². The Hall–Kier alpha value is -4.32. The third kappa shape index (κ3) is 6.13. The van der Waals surface area contributed by atoms with Crippen LogP contribution in [0.3, 0.4) is 0 Å². The van der Waals surface area contributed by atoms with Crippen LogP contribution in [0.2, 0.25) is 0 Å². The quantitative estimate of drug-likeness (QED) is 0.401. The number of hydrogen-bond acceptors (Lipinski definition) is 5. The number of aromatic nitrogens is 3. The number of hydrogen-bond donors (Lipinski definition) is 3. The fraction of sp³-hybridized carbons (Fsp3) is 0.143. The molecule has 34 heavy (non-hydrogen) atoms. The minimum Gasteiger partial charge on any atom is -0.399 e. The van der Waals surface area contributed by atoms with Crippen LogP contribution in [0.25, 0.3) is 5.69 Å². The van der Waals surface area contributed by atoms with E-state index in [4.69, 9.17) is 11.5 Å². The van der Waals surface area contributed by atoms with E-state index in [0.29, 0.717) is 28.2 Å². The van der Waals surface area contributed by atoms with Crippen LogP contribution >= 0.6 is 0 Å². The van der Waals surface area contributed by atoms with E-state index in [2.05, 4.69) is 41.6 Å². The van der Waals surface area contributed by atoms with Crippen molar-refractivity contribution < 1.29 is 0 Å². The molecule has 5 N–H and O–H groups in total. The largest absolute Gasteiger partial charge is 0.399 e. The molecular formula is C28H34N6. The first kappa shape index (κ1) is 25.9. The average molecular weight is 455 g/mol. The molecule has 0 aliphatic rings. The van der Waals surface area contributed by atoms with E-state index < -0.39 is 0 Å². The van der Waals surface area contributed by atoms with Gasteiger partial charge in [-0.05, 0) is 68.2 Å². The zero-order valence-corrected chi connectivity index (χ0v) is 20.5. The number of anilines is 1. The van der Waals surface area contributed by atoms with Crippen LogP contribution in [0.15, 0.2) is 121 Å². The normalized spacial score (nSPS) is 12.9. The zero-order valence-electron chi connectivity index (χ0n) is 20.5. The number of nitrogens with one attached hydrogen (secondary N) is 1. The Morgan fingerprint density at radius 1 is 1.06 bits per heavy atom. The topological polar surface area (TPSA) is 94.8 Å². The van der Waals surface area contributed by atoms with Crippen LogP contribution in [0, 0.1) is 13.8 Å². The maximum absolute atomic E-state index is 6.32.